The number of ether oxygens (including phenoxy) is 1. The largest absolute Gasteiger partial charge is 0.493 e. The first-order valence-corrected chi connectivity index (χ1v) is 8.87. The van der Waals surface area contributed by atoms with Crippen molar-refractivity contribution >= 4 is 19.7 Å². The third kappa shape index (κ3) is 3.63. The molecule has 106 valence electrons. The molecule has 1 fully saturated rings. The van der Waals surface area contributed by atoms with Gasteiger partial charge in [-0.25, -0.2) is 8.42 Å². The Hall–Kier alpha value is -0.740. The molecule has 0 amide bonds. The molecule has 0 saturated heterocycles. The van der Waals surface area contributed by atoms with Crippen LogP contribution in [0.3, 0.4) is 0 Å². The first-order valence-electron chi connectivity index (χ1n) is 6.56. The second kappa shape index (κ2) is 5.71. The van der Waals surface area contributed by atoms with E-state index in [0.717, 1.165) is 5.75 Å². The van der Waals surface area contributed by atoms with Crippen molar-refractivity contribution in [1.82, 2.24) is 0 Å². The topological polar surface area (TPSA) is 43.4 Å². The summed E-state index contributed by atoms with van der Waals surface area (Å²) in [7, 11) is 1.74. The molecule has 0 aliphatic heterocycles. The van der Waals surface area contributed by atoms with Gasteiger partial charge in [0.2, 0.25) is 0 Å². The van der Waals surface area contributed by atoms with Gasteiger partial charge in [-0.2, -0.15) is 0 Å². The summed E-state index contributed by atoms with van der Waals surface area (Å²) in [5.41, 5.74) is 1.27. The molecule has 0 atom stereocenters. The predicted molar refractivity (Wildman–Crippen MR) is 76.4 cm³/mol. The lowest BCUT2D eigenvalue weighted by atomic mass is 10.1. The third-order valence-corrected chi connectivity index (χ3v) is 5.23. The van der Waals surface area contributed by atoms with Gasteiger partial charge >= 0.3 is 0 Å². The zero-order chi connectivity index (χ0) is 14.0. The Morgan fingerprint density at radius 2 is 1.74 bits per heavy atom. The zero-order valence-corrected chi connectivity index (χ0v) is 12.9. The monoisotopic (exact) mass is 302 g/mol. The number of aryl methyl sites for hydroxylation is 2. The Labute approximate surface area is 119 Å². The summed E-state index contributed by atoms with van der Waals surface area (Å²) >= 11 is 0. The molecule has 3 nitrogen and oxygen atoms in total. The van der Waals surface area contributed by atoms with E-state index >= 15 is 0 Å². The lowest BCUT2D eigenvalue weighted by Crippen LogP contribution is -2.09. The Bertz CT molecular complexity index is 537. The molecule has 0 bridgehead atoms. The van der Waals surface area contributed by atoms with E-state index in [2.05, 4.69) is 0 Å². The van der Waals surface area contributed by atoms with Crippen molar-refractivity contribution in [2.75, 3.05) is 6.61 Å². The SMILES string of the molecule is Cc1cc(OCC2CCCC2)cc(C)c1S(=O)(=O)Cl. The molecule has 1 aliphatic rings. The lowest BCUT2D eigenvalue weighted by molar-refractivity contribution is 0.251. The van der Waals surface area contributed by atoms with Gasteiger partial charge in [-0.15, -0.1) is 0 Å². The molecule has 0 aromatic heterocycles. The van der Waals surface area contributed by atoms with Crippen LogP contribution in [0.4, 0.5) is 0 Å². The Morgan fingerprint density at radius 1 is 1.21 bits per heavy atom. The molecule has 2 rings (SSSR count). The summed E-state index contributed by atoms with van der Waals surface area (Å²) in [6.07, 6.45) is 5.03. The number of benzene rings is 1. The zero-order valence-electron chi connectivity index (χ0n) is 11.3. The molecule has 1 saturated carbocycles. The molecule has 5 heteroatoms. The maximum atomic E-state index is 11.5. The highest BCUT2D eigenvalue weighted by molar-refractivity contribution is 8.13. The van der Waals surface area contributed by atoms with Crippen molar-refractivity contribution < 1.29 is 13.2 Å². The van der Waals surface area contributed by atoms with Gasteiger partial charge in [-0.3, -0.25) is 0 Å². The van der Waals surface area contributed by atoms with Crippen LogP contribution in [0.15, 0.2) is 17.0 Å². The van der Waals surface area contributed by atoms with E-state index < -0.39 is 9.05 Å². The molecule has 0 N–H and O–H groups in total. The van der Waals surface area contributed by atoms with Crippen LogP contribution >= 0.6 is 10.7 Å². The van der Waals surface area contributed by atoms with Gasteiger partial charge in [0.25, 0.3) is 9.05 Å². The van der Waals surface area contributed by atoms with Crippen molar-refractivity contribution in [3.05, 3.63) is 23.3 Å². The van der Waals surface area contributed by atoms with Crippen molar-refractivity contribution in [2.45, 2.75) is 44.4 Å². The molecule has 1 aromatic carbocycles. The molecule has 0 unspecified atom stereocenters. The maximum Gasteiger partial charge on any atom is 0.261 e. The summed E-state index contributed by atoms with van der Waals surface area (Å²) in [6.45, 7) is 4.20. The van der Waals surface area contributed by atoms with E-state index in [1.807, 2.05) is 0 Å². The van der Waals surface area contributed by atoms with Gasteiger partial charge in [-0.1, -0.05) is 12.8 Å². The summed E-state index contributed by atoms with van der Waals surface area (Å²) in [5.74, 6) is 1.36. The molecular formula is C14H19ClO3S. The number of rotatable bonds is 4. The minimum atomic E-state index is -3.69. The Balaban J connectivity index is 2.15. The average Bonchev–Trinajstić information content (AvgIpc) is 2.76. The molecule has 1 aromatic rings. The van der Waals surface area contributed by atoms with Crippen molar-refractivity contribution in [1.29, 1.82) is 0 Å². The highest BCUT2D eigenvalue weighted by Crippen LogP contribution is 2.30. The molecule has 0 radical (unpaired) electrons. The molecule has 0 spiro atoms. The average molecular weight is 303 g/mol. The van der Waals surface area contributed by atoms with Crippen LogP contribution < -0.4 is 4.74 Å². The van der Waals surface area contributed by atoms with Gasteiger partial charge in [0.05, 0.1) is 11.5 Å². The number of hydrogen-bond donors (Lipinski definition) is 0. The Kier molecular flexibility index (Phi) is 4.41. The first kappa shape index (κ1) is 14.7. The highest BCUT2D eigenvalue weighted by Gasteiger charge is 2.19. The molecule has 0 heterocycles. The number of hydrogen-bond acceptors (Lipinski definition) is 3. The molecular weight excluding hydrogens is 284 g/mol. The summed E-state index contributed by atoms with van der Waals surface area (Å²) < 4.78 is 28.7. The third-order valence-electron chi connectivity index (χ3n) is 3.64. The fourth-order valence-corrected chi connectivity index (χ4v) is 4.39. The van der Waals surface area contributed by atoms with Gasteiger partial charge in [0.1, 0.15) is 5.75 Å². The van der Waals surface area contributed by atoms with E-state index in [1.54, 1.807) is 26.0 Å². The normalized spacial score (nSPS) is 16.8. The van der Waals surface area contributed by atoms with Gasteiger partial charge in [0.15, 0.2) is 0 Å². The molecule has 1 aliphatic carbocycles. The van der Waals surface area contributed by atoms with Crippen LogP contribution in [0.1, 0.15) is 36.8 Å². The maximum absolute atomic E-state index is 11.5. The Morgan fingerprint density at radius 3 is 2.21 bits per heavy atom. The molecule has 19 heavy (non-hydrogen) atoms. The van der Waals surface area contributed by atoms with Crippen molar-refractivity contribution in [2.24, 2.45) is 5.92 Å². The van der Waals surface area contributed by atoms with E-state index in [0.29, 0.717) is 23.7 Å². The van der Waals surface area contributed by atoms with Crippen LogP contribution in [0.25, 0.3) is 0 Å². The van der Waals surface area contributed by atoms with Crippen LogP contribution in [0.5, 0.6) is 5.75 Å². The fraction of sp³-hybridized carbons (Fsp3) is 0.571. The summed E-state index contributed by atoms with van der Waals surface area (Å²) in [5, 5.41) is 0. The second-order valence-corrected chi connectivity index (χ2v) is 7.79. The van der Waals surface area contributed by atoms with Gasteiger partial charge in [-0.05, 0) is 55.9 Å². The van der Waals surface area contributed by atoms with Gasteiger partial charge in [0, 0.05) is 10.7 Å². The quantitative estimate of drug-likeness (QED) is 0.795. The lowest BCUT2D eigenvalue weighted by Gasteiger charge is -2.14. The fourth-order valence-electron chi connectivity index (χ4n) is 2.77. The smallest absolute Gasteiger partial charge is 0.261 e. The number of halogens is 1. The minimum Gasteiger partial charge on any atom is -0.493 e. The minimum absolute atomic E-state index is 0.197. The van der Waals surface area contributed by atoms with Crippen LogP contribution in [0, 0.1) is 19.8 Å². The van der Waals surface area contributed by atoms with Crippen LogP contribution in [-0.2, 0) is 9.05 Å². The van der Waals surface area contributed by atoms with Crippen LogP contribution in [-0.4, -0.2) is 15.0 Å². The second-order valence-electron chi connectivity index (χ2n) is 5.29. The van der Waals surface area contributed by atoms with E-state index in [-0.39, 0.29) is 4.90 Å². The van der Waals surface area contributed by atoms with E-state index in [9.17, 15) is 8.42 Å². The van der Waals surface area contributed by atoms with E-state index in [1.165, 1.54) is 25.7 Å². The first-order chi connectivity index (χ1) is 8.88. The van der Waals surface area contributed by atoms with Crippen LogP contribution in [0.2, 0.25) is 0 Å². The predicted octanol–water partition coefficient (Wildman–Crippen LogP) is 3.80. The standard InChI is InChI=1S/C14H19ClO3S/c1-10-7-13(18-9-12-5-3-4-6-12)8-11(2)14(10)19(15,16)17/h7-8,12H,3-6,9H2,1-2H3. The van der Waals surface area contributed by atoms with E-state index in [4.69, 9.17) is 15.4 Å². The van der Waals surface area contributed by atoms with Crippen molar-refractivity contribution in [3.8, 4) is 5.75 Å². The summed E-state index contributed by atoms with van der Waals surface area (Å²) in [6, 6.07) is 3.49. The van der Waals surface area contributed by atoms with Crippen molar-refractivity contribution in [3.63, 3.8) is 0 Å². The summed E-state index contributed by atoms with van der Waals surface area (Å²) in [4.78, 5) is 0.197. The van der Waals surface area contributed by atoms with Gasteiger partial charge < -0.3 is 4.74 Å². The highest BCUT2D eigenvalue weighted by atomic mass is 35.7.